The van der Waals surface area contributed by atoms with Crippen LogP contribution in [0.25, 0.3) is 0 Å². The van der Waals surface area contributed by atoms with Crippen LogP contribution in [0.4, 0.5) is 10.1 Å². The fourth-order valence-corrected chi connectivity index (χ4v) is 2.29. The van der Waals surface area contributed by atoms with Crippen molar-refractivity contribution in [3.05, 3.63) is 29.6 Å². The zero-order chi connectivity index (χ0) is 11.4. The second-order valence-corrected chi connectivity index (χ2v) is 4.48. The van der Waals surface area contributed by atoms with E-state index in [1.165, 1.54) is 12.8 Å². The fraction of sp³-hybridized carbons (Fsp3) is 0.538. The molecule has 2 nitrogen and oxygen atoms in total. The van der Waals surface area contributed by atoms with Gasteiger partial charge >= 0.3 is 0 Å². The smallest absolute Gasteiger partial charge is 0.146 e. The number of nitrogens with two attached hydrogens (primary N) is 1. The molecule has 0 radical (unpaired) electrons. The van der Waals surface area contributed by atoms with Gasteiger partial charge in [-0.25, -0.2) is 4.39 Å². The Hall–Kier alpha value is -1.09. The van der Waals surface area contributed by atoms with Gasteiger partial charge < -0.3 is 11.1 Å². The minimum Gasteiger partial charge on any atom is -0.380 e. The molecule has 0 atom stereocenters. The number of anilines is 1. The number of halogens is 1. The third kappa shape index (κ3) is 2.73. The molecule has 88 valence electrons. The van der Waals surface area contributed by atoms with E-state index in [-0.39, 0.29) is 5.82 Å². The molecule has 3 N–H and O–H groups in total. The van der Waals surface area contributed by atoms with Crippen molar-refractivity contribution in [2.45, 2.75) is 38.1 Å². The van der Waals surface area contributed by atoms with E-state index in [1.54, 1.807) is 6.07 Å². The third-order valence-corrected chi connectivity index (χ3v) is 3.18. The summed E-state index contributed by atoms with van der Waals surface area (Å²) >= 11 is 0. The van der Waals surface area contributed by atoms with Crippen LogP contribution in [0.5, 0.6) is 0 Å². The van der Waals surface area contributed by atoms with Gasteiger partial charge in [-0.3, -0.25) is 0 Å². The standard InChI is InChI=1S/C13H19FN2/c14-12-9-10(7-8-15)5-6-13(12)16-11-3-1-2-4-11/h5-6,9,11,16H,1-4,7-8,15H2. The molecule has 0 aromatic heterocycles. The normalized spacial score (nSPS) is 16.6. The molecule has 0 amide bonds. The van der Waals surface area contributed by atoms with Crippen molar-refractivity contribution in [1.29, 1.82) is 0 Å². The van der Waals surface area contributed by atoms with Crippen LogP contribution in [0.3, 0.4) is 0 Å². The van der Waals surface area contributed by atoms with Gasteiger partial charge in [-0.2, -0.15) is 0 Å². The molecule has 0 spiro atoms. The Bertz CT molecular complexity index is 346. The van der Waals surface area contributed by atoms with Crippen molar-refractivity contribution >= 4 is 5.69 Å². The molecule has 0 unspecified atom stereocenters. The van der Waals surface area contributed by atoms with Crippen LogP contribution in [-0.2, 0) is 6.42 Å². The third-order valence-electron chi connectivity index (χ3n) is 3.18. The minimum atomic E-state index is -0.155. The first-order valence-corrected chi connectivity index (χ1v) is 6.04. The molecule has 3 heteroatoms. The molecule has 16 heavy (non-hydrogen) atoms. The van der Waals surface area contributed by atoms with Crippen LogP contribution < -0.4 is 11.1 Å². The molecule has 2 rings (SSSR count). The van der Waals surface area contributed by atoms with Gasteiger partial charge in [-0.1, -0.05) is 18.9 Å². The van der Waals surface area contributed by atoms with Crippen molar-refractivity contribution < 1.29 is 4.39 Å². The maximum absolute atomic E-state index is 13.7. The van der Waals surface area contributed by atoms with E-state index >= 15 is 0 Å². The maximum Gasteiger partial charge on any atom is 0.146 e. The van der Waals surface area contributed by atoms with E-state index in [1.807, 2.05) is 12.1 Å². The Morgan fingerprint density at radius 2 is 2.06 bits per heavy atom. The lowest BCUT2D eigenvalue weighted by Crippen LogP contribution is -2.15. The monoisotopic (exact) mass is 222 g/mol. The molecular formula is C13H19FN2. The first kappa shape index (κ1) is 11.4. The van der Waals surface area contributed by atoms with Gasteiger partial charge in [0.1, 0.15) is 5.82 Å². The van der Waals surface area contributed by atoms with E-state index < -0.39 is 0 Å². The van der Waals surface area contributed by atoms with Crippen molar-refractivity contribution in [2.24, 2.45) is 5.73 Å². The SMILES string of the molecule is NCCc1ccc(NC2CCCC2)c(F)c1. The lowest BCUT2D eigenvalue weighted by atomic mass is 10.1. The molecular weight excluding hydrogens is 203 g/mol. The van der Waals surface area contributed by atoms with Gasteiger partial charge in [-0.05, 0) is 43.5 Å². The van der Waals surface area contributed by atoms with Gasteiger partial charge in [0.15, 0.2) is 0 Å². The van der Waals surface area contributed by atoms with E-state index in [4.69, 9.17) is 5.73 Å². The highest BCUT2D eigenvalue weighted by Gasteiger charge is 2.15. The highest BCUT2D eigenvalue weighted by atomic mass is 19.1. The number of rotatable bonds is 4. The van der Waals surface area contributed by atoms with Crippen LogP contribution >= 0.6 is 0 Å². The van der Waals surface area contributed by atoms with E-state index in [9.17, 15) is 4.39 Å². The van der Waals surface area contributed by atoms with E-state index in [0.29, 0.717) is 18.3 Å². The van der Waals surface area contributed by atoms with Crippen molar-refractivity contribution in [1.82, 2.24) is 0 Å². The van der Waals surface area contributed by atoms with E-state index in [2.05, 4.69) is 5.32 Å². The van der Waals surface area contributed by atoms with Crippen molar-refractivity contribution in [3.8, 4) is 0 Å². The molecule has 1 aliphatic rings. The molecule has 1 aromatic rings. The minimum absolute atomic E-state index is 0.155. The summed E-state index contributed by atoms with van der Waals surface area (Å²) < 4.78 is 13.7. The van der Waals surface area contributed by atoms with Crippen molar-refractivity contribution in [2.75, 3.05) is 11.9 Å². The number of nitrogens with one attached hydrogen (secondary N) is 1. The number of benzene rings is 1. The predicted octanol–water partition coefficient (Wildman–Crippen LogP) is 2.68. The van der Waals surface area contributed by atoms with Gasteiger partial charge in [0, 0.05) is 6.04 Å². The quantitative estimate of drug-likeness (QED) is 0.822. The summed E-state index contributed by atoms with van der Waals surface area (Å²) in [5, 5.41) is 3.27. The molecule has 1 saturated carbocycles. The Kier molecular flexibility index (Phi) is 3.78. The Morgan fingerprint density at radius 3 is 2.69 bits per heavy atom. The lowest BCUT2D eigenvalue weighted by Gasteiger charge is -2.14. The summed E-state index contributed by atoms with van der Waals surface area (Å²) in [7, 11) is 0. The topological polar surface area (TPSA) is 38.0 Å². The van der Waals surface area contributed by atoms with Crippen LogP contribution in [-0.4, -0.2) is 12.6 Å². The highest BCUT2D eigenvalue weighted by molar-refractivity contribution is 5.47. The van der Waals surface area contributed by atoms with Crippen LogP contribution in [0.1, 0.15) is 31.2 Å². The zero-order valence-corrected chi connectivity index (χ0v) is 9.51. The molecule has 0 saturated heterocycles. The largest absolute Gasteiger partial charge is 0.380 e. The summed E-state index contributed by atoms with van der Waals surface area (Å²) in [5.74, 6) is -0.155. The molecule has 1 aliphatic carbocycles. The fourth-order valence-electron chi connectivity index (χ4n) is 2.29. The molecule has 0 bridgehead atoms. The van der Waals surface area contributed by atoms with Gasteiger partial charge in [-0.15, -0.1) is 0 Å². The molecule has 1 aromatic carbocycles. The van der Waals surface area contributed by atoms with E-state index in [0.717, 1.165) is 24.8 Å². The summed E-state index contributed by atoms with van der Waals surface area (Å²) in [6.45, 7) is 0.564. The second kappa shape index (κ2) is 5.30. The Morgan fingerprint density at radius 1 is 1.31 bits per heavy atom. The molecule has 0 heterocycles. The number of hydrogen-bond donors (Lipinski definition) is 2. The Labute approximate surface area is 96.0 Å². The Balaban J connectivity index is 2.03. The van der Waals surface area contributed by atoms with Crippen molar-refractivity contribution in [3.63, 3.8) is 0 Å². The summed E-state index contributed by atoms with van der Waals surface area (Å²) in [6.07, 6.45) is 5.56. The van der Waals surface area contributed by atoms with Gasteiger partial charge in [0.05, 0.1) is 5.69 Å². The highest BCUT2D eigenvalue weighted by Crippen LogP contribution is 2.24. The molecule has 0 aliphatic heterocycles. The average Bonchev–Trinajstić information content (AvgIpc) is 2.75. The maximum atomic E-state index is 13.7. The predicted molar refractivity (Wildman–Crippen MR) is 65.0 cm³/mol. The second-order valence-electron chi connectivity index (χ2n) is 4.48. The zero-order valence-electron chi connectivity index (χ0n) is 9.51. The van der Waals surface area contributed by atoms with Gasteiger partial charge in [0.2, 0.25) is 0 Å². The van der Waals surface area contributed by atoms with Crippen LogP contribution in [0.15, 0.2) is 18.2 Å². The summed E-state index contributed by atoms with van der Waals surface area (Å²) in [6, 6.07) is 5.82. The first-order chi connectivity index (χ1) is 7.79. The summed E-state index contributed by atoms with van der Waals surface area (Å²) in [4.78, 5) is 0. The number of hydrogen-bond acceptors (Lipinski definition) is 2. The van der Waals surface area contributed by atoms with Gasteiger partial charge in [0.25, 0.3) is 0 Å². The summed E-state index contributed by atoms with van der Waals surface area (Å²) in [5.41, 5.74) is 7.04. The lowest BCUT2D eigenvalue weighted by molar-refractivity contribution is 0.622. The first-order valence-electron chi connectivity index (χ1n) is 6.04. The van der Waals surface area contributed by atoms with Crippen LogP contribution in [0.2, 0.25) is 0 Å². The molecule has 1 fully saturated rings. The average molecular weight is 222 g/mol. The van der Waals surface area contributed by atoms with Crippen LogP contribution in [0, 0.1) is 5.82 Å².